The third kappa shape index (κ3) is 7.68. The van der Waals surface area contributed by atoms with E-state index in [4.69, 9.17) is 20.9 Å². The van der Waals surface area contributed by atoms with Crippen LogP contribution in [0.5, 0.6) is 0 Å². The van der Waals surface area contributed by atoms with E-state index in [1.165, 1.54) is 0 Å². The van der Waals surface area contributed by atoms with E-state index in [1.54, 1.807) is 14.2 Å². The summed E-state index contributed by atoms with van der Waals surface area (Å²) in [7, 11) is 3.53. The molecule has 2 aromatic rings. The highest BCUT2D eigenvalue weighted by Gasteiger charge is 2.19. The second-order valence-electron chi connectivity index (χ2n) is 7.02. The van der Waals surface area contributed by atoms with Gasteiger partial charge < -0.3 is 24.8 Å². The summed E-state index contributed by atoms with van der Waals surface area (Å²) in [5, 5.41) is 11.5. The first kappa shape index (κ1) is 24.8. The normalized spacial score (nSPS) is 15.6. The molecule has 1 aromatic heterocycles. The number of rotatable bonds is 8. The van der Waals surface area contributed by atoms with Crippen molar-refractivity contribution in [3.63, 3.8) is 0 Å². The van der Waals surface area contributed by atoms with Gasteiger partial charge in [-0.3, -0.25) is 4.99 Å². The molecule has 0 atom stereocenters. The third-order valence-electron chi connectivity index (χ3n) is 4.95. The van der Waals surface area contributed by atoms with Crippen LogP contribution in [0.4, 0.5) is 0 Å². The molecule has 0 radical (unpaired) electrons. The zero-order valence-electron chi connectivity index (χ0n) is 17.4. The van der Waals surface area contributed by atoms with Crippen LogP contribution >= 0.6 is 35.6 Å². The van der Waals surface area contributed by atoms with E-state index in [1.807, 2.05) is 24.3 Å². The van der Waals surface area contributed by atoms with Crippen molar-refractivity contribution < 1.29 is 9.26 Å². The Labute approximate surface area is 199 Å². The van der Waals surface area contributed by atoms with Gasteiger partial charge in [0.1, 0.15) is 0 Å². The van der Waals surface area contributed by atoms with Crippen LogP contribution in [0.2, 0.25) is 5.02 Å². The van der Waals surface area contributed by atoms with Crippen LogP contribution in [0.1, 0.15) is 18.7 Å². The van der Waals surface area contributed by atoms with Gasteiger partial charge in [-0.1, -0.05) is 28.9 Å². The number of methoxy groups -OCH3 is 1. The molecule has 30 heavy (non-hydrogen) atoms. The SMILES string of the molecule is CN=C(NCCc1nc(-c2cccc(Cl)c2)no1)NC1CCN(CCOC)CC1.I. The number of benzene rings is 1. The number of hydrogen-bond acceptors (Lipinski definition) is 6. The van der Waals surface area contributed by atoms with Crippen molar-refractivity contribution in [3.8, 4) is 11.4 Å². The fourth-order valence-corrected chi connectivity index (χ4v) is 3.49. The maximum absolute atomic E-state index is 6.02. The lowest BCUT2D eigenvalue weighted by Crippen LogP contribution is -2.49. The number of aromatic nitrogens is 2. The molecule has 166 valence electrons. The molecule has 0 unspecified atom stereocenters. The van der Waals surface area contributed by atoms with E-state index in [9.17, 15) is 0 Å². The van der Waals surface area contributed by atoms with Gasteiger partial charge in [-0.15, -0.1) is 24.0 Å². The molecule has 0 spiro atoms. The van der Waals surface area contributed by atoms with Gasteiger partial charge in [0, 0.05) is 63.4 Å². The molecular formula is C20H30ClIN6O2. The first-order valence-electron chi connectivity index (χ1n) is 9.95. The fraction of sp³-hybridized carbons (Fsp3) is 0.550. The molecule has 2 N–H and O–H groups in total. The summed E-state index contributed by atoms with van der Waals surface area (Å²) in [6.07, 6.45) is 2.80. The number of piperidine rings is 1. The standard InChI is InChI=1S/C20H29ClN6O2.HI/c1-22-20(24-17-7-10-27(11-8-17)12-13-28-2)23-9-6-18-25-19(26-29-18)15-4-3-5-16(21)14-15;/h3-5,14,17H,6-13H2,1-2H3,(H2,22,23,24);1H. The molecule has 1 fully saturated rings. The minimum absolute atomic E-state index is 0. The molecule has 1 aromatic carbocycles. The average molecular weight is 549 g/mol. The zero-order chi connectivity index (χ0) is 20.5. The molecule has 0 amide bonds. The van der Waals surface area contributed by atoms with Gasteiger partial charge >= 0.3 is 0 Å². The number of ether oxygens (including phenoxy) is 1. The Kier molecular flexibility index (Phi) is 10.8. The summed E-state index contributed by atoms with van der Waals surface area (Å²) in [6.45, 7) is 4.59. The largest absolute Gasteiger partial charge is 0.383 e. The van der Waals surface area contributed by atoms with Crippen LogP contribution in [0.15, 0.2) is 33.8 Å². The Balaban J connectivity index is 0.00000320. The molecule has 1 aliphatic heterocycles. The molecule has 2 heterocycles. The lowest BCUT2D eigenvalue weighted by atomic mass is 10.1. The van der Waals surface area contributed by atoms with Crippen LogP contribution in [0.25, 0.3) is 11.4 Å². The smallest absolute Gasteiger partial charge is 0.228 e. The van der Waals surface area contributed by atoms with E-state index >= 15 is 0 Å². The summed E-state index contributed by atoms with van der Waals surface area (Å²) in [5.41, 5.74) is 0.842. The predicted octanol–water partition coefficient (Wildman–Crippen LogP) is 2.83. The summed E-state index contributed by atoms with van der Waals surface area (Å²) in [5.74, 6) is 1.93. The topological polar surface area (TPSA) is 87.8 Å². The molecule has 0 saturated carbocycles. The number of nitrogens with one attached hydrogen (secondary N) is 2. The van der Waals surface area contributed by atoms with E-state index < -0.39 is 0 Å². The Hall–Kier alpha value is -1.43. The number of hydrogen-bond donors (Lipinski definition) is 2. The van der Waals surface area contributed by atoms with Crippen molar-refractivity contribution in [2.24, 2.45) is 4.99 Å². The number of likely N-dealkylation sites (tertiary alicyclic amines) is 1. The van der Waals surface area contributed by atoms with Crippen molar-refractivity contribution in [2.45, 2.75) is 25.3 Å². The van der Waals surface area contributed by atoms with Gasteiger partial charge in [-0.2, -0.15) is 4.98 Å². The quantitative estimate of drug-likeness (QED) is 0.298. The highest BCUT2D eigenvalue weighted by molar-refractivity contribution is 14.0. The Morgan fingerprint density at radius 1 is 1.37 bits per heavy atom. The third-order valence-corrected chi connectivity index (χ3v) is 5.18. The van der Waals surface area contributed by atoms with Crippen LogP contribution in [-0.2, 0) is 11.2 Å². The summed E-state index contributed by atoms with van der Waals surface area (Å²) >= 11 is 6.02. The molecule has 3 rings (SSSR count). The van der Waals surface area contributed by atoms with Gasteiger partial charge in [0.05, 0.1) is 6.61 Å². The number of aliphatic imine (C=N–C) groups is 1. The molecular weight excluding hydrogens is 519 g/mol. The summed E-state index contributed by atoms with van der Waals surface area (Å²) in [6, 6.07) is 7.84. The molecule has 0 bridgehead atoms. The number of halogens is 2. The summed E-state index contributed by atoms with van der Waals surface area (Å²) < 4.78 is 10.5. The minimum Gasteiger partial charge on any atom is -0.383 e. The van der Waals surface area contributed by atoms with E-state index in [0.717, 1.165) is 50.6 Å². The van der Waals surface area contributed by atoms with E-state index in [2.05, 4.69) is 30.7 Å². The molecule has 10 heteroatoms. The maximum Gasteiger partial charge on any atom is 0.228 e. The Bertz CT molecular complexity index is 795. The highest BCUT2D eigenvalue weighted by Crippen LogP contribution is 2.19. The van der Waals surface area contributed by atoms with E-state index in [-0.39, 0.29) is 24.0 Å². The fourth-order valence-electron chi connectivity index (χ4n) is 3.30. The predicted molar refractivity (Wildman–Crippen MR) is 130 cm³/mol. The van der Waals surface area contributed by atoms with Gasteiger partial charge in [0.25, 0.3) is 0 Å². The van der Waals surface area contributed by atoms with Crippen LogP contribution in [0.3, 0.4) is 0 Å². The zero-order valence-corrected chi connectivity index (χ0v) is 20.5. The number of guanidine groups is 1. The van der Waals surface area contributed by atoms with Crippen molar-refractivity contribution in [2.75, 3.05) is 46.9 Å². The van der Waals surface area contributed by atoms with Crippen molar-refractivity contribution in [1.82, 2.24) is 25.7 Å². The van der Waals surface area contributed by atoms with Crippen LogP contribution < -0.4 is 10.6 Å². The highest BCUT2D eigenvalue weighted by atomic mass is 127. The van der Waals surface area contributed by atoms with Crippen molar-refractivity contribution >= 4 is 41.5 Å². The minimum atomic E-state index is 0. The Morgan fingerprint density at radius 2 is 2.17 bits per heavy atom. The van der Waals surface area contributed by atoms with Crippen LogP contribution in [-0.4, -0.2) is 74.0 Å². The molecule has 8 nitrogen and oxygen atoms in total. The lowest BCUT2D eigenvalue weighted by molar-refractivity contribution is 0.128. The number of nitrogens with zero attached hydrogens (tertiary/aromatic N) is 4. The maximum atomic E-state index is 6.02. The lowest BCUT2D eigenvalue weighted by Gasteiger charge is -2.32. The molecule has 1 aliphatic rings. The monoisotopic (exact) mass is 548 g/mol. The van der Waals surface area contributed by atoms with Crippen molar-refractivity contribution in [1.29, 1.82) is 0 Å². The van der Waals surface area contributed by atoms with Crippen molar-refractivity contribution in [3.05, 3.63) is 35.2 Å². The molecule has 1 saturated heterocycles. The van der Waals surface area contributed by atoms with Gasteiger partial charge in [-0.05, 0) is 25.0 Å². The van der Waals surface area contributed by atoms with Gasteiger partial charge in [-0.25, -0.2) is 0 Å². The van der Waals surface area contributed by atoms with E-state index in [0.29, 0.717) is 35.7 Å². The first-order chi connectivity index (χ1) is 14.2. The molecule has 0 aliphatic carbocycles. The summed E-state index contributed by atoms with van der Waals surface area (Å²) in [4.78, 5) is 11.2. The van der Waals surface area contributed by atoms with Gasteiger partial charge in [0.15, 0.2) is 5.96 Å². The first-order valence-corrected chi connectivity index (χ1v) is 10.3. The average Bonchev–Trinajstić information content (AvgIpc) is 3.21. The second-order valence-corrected chi connectivity index (χ2v) is 7.46. The Morgan fingerprint density at radius 3 is 2.87 bits per heavy atom. The second kappa shape index (κ2) is 13.1. The van der Waals surface area contributed by atoms with Crippen LogP contribution in [0, 0.1) is 0 Å². The van der Waals surface area contributed by atoms with Gasteiger partial charge in [0.2, 0.25) is 11.7 Å².